The van der Waals surface area contributed by atoms with Gasteiger partial charge in [-0.3, -0.25) is 4.79 Å². The summed E-state index contributed by atoms with van der Waals surface area (Å²) in [6, 6.07) is 8.25. The van der Waals surface area contributed by atoms with E-state index in [1.54, 1.807) is 0 Å². The minimum absolute atomic E-state index is 0.0181. The molecule has 3 heteroatoms. The van der Waals surface area contributed by atoms with E-state index >= 15 is 0 Å². The second kappa shape index (κ2) is 4.76. The van der Waals surface area contributed by atoms with E-state index in [0.717, 1.165) is 6.42 Å². The Labute approximate surface area is 95.4 Å². The van der Waals surface area contributed by atoms with Crippen LogP contribution in [-0.2, 0) is 20.7 Å². The van der Waals surface area contributed by atoms with E-state index < -0.39 is 6.29 Å². The average Bonchev–Trinajstić information content (AvgIpc) is 2.27. The van der Waals surface area contributed by atoms with Gasteiger partial charge >= 0.3 is 0 Å². The van der Waals surface area contributed by atoms with Crippen LogP contribution in [0.25, 0.3) is 0 Å². The molecule has 16 heavy (non-hydrogen) atoms. The summed E-state index contributed by atoms with van der Waals surface area (Å²) in [7, 11) is 2.97. The second-order valence-corrected chi connectivity index (χ2v) is 4.07. The Morgan fingerprint density at radius 2 is 2.06 bits per heavy atom. The van der Waals surface area contributed by atoms with Crippen molar-refractivity contribution < 1.29 is 14.3 Å². The van der Waals surface area contributed by atoms with E-state index in [4.69, 9.17) is 9.47 Å². The number of ketones is 1. The third-order valence-electron chi connectivity index (χ3n) is 3.10. The molecule has 0 N–H and O–H groups in total. The fourth-order valence-electron chi connectivity index (χ4n) is 2.24. The first-order valence-corrected chi connectivity index (χ1v) is 5.42. The van der Waals surface area contributed by atoms with Gasteiger partial charge in [-0.2, -0.15) is 0 Å². The first kappa shape index (κ1) is 11.3. The van der Waals surface area contributed by atoms with Gasteiger partial charge in [0.2, 0.25) is 6.29 Å². The van der Waals surface area contributed by atoms with Crippen molar-refractivity contribution in [2.75, 3.05) is 14.2 Å². The number of fused-ring (bicyclic) bond motifs is 1. The number of hydrogen-bond donors (Lipinski definition) is 0. The monoisotopic (exact) mass is 220 g/mol. The van der Waals surface area contributed by atoms with Crippen LogP contribution < -0.4 is 0 Å². The third kappa shape index (κ3) is 2.01. The number of hydrogen-bond acceptors (Lipinski definition) is 3. The van der Waals surface area contributed by atoms with Crippen molar-refractivity contribution in [3.63, 3.8) is 0 Å². The summed E-state index contributed by atoms with van der Waals surface area (Å²) >= 11 is 0. The van der Waals surface area contributed by atoms with Crippen molar-refractivity contribution in [3.8, 4) is 0 Å². The molecule has 86 valence electrons. The highest BCUT2D eigenvalue weighted by atomic mass is 16.7. The zero-order valence-corrected chi connectivity index (χ0v) is 9.60. The average molecular weight is 220 g/mol. The highest BCUT2D eigenvalue weighted by Gasteiger charge is 2.30. The van der Waals surface area contributed by atoms with Gasteiger partial charge in [-0.25, -0.2) is 0 Å². The molecule has 0 fully saturated rings. The lowest BCUT2D eigenvalue weighted by Gasteiger charge is -2.30. The first-order valence-electron chi connectivity index (χ1n) is 5.42. The smallest absolute Gasteiger partial charge is 0.217 e. The van der Waals surface area contributed by atoms with Crippen molar-refractivity contribution in [1.29, 1.82) is 0 Å². The Morgan fingerprint density at radius 1 is 1.38 bits per heavy atom. The topological polar surface area (TPSA) is 35.5 Å². The fraction of sp³-hybridized carbons (Fsp3) is 0.462. The van der Waals surface area contributed by atoms with Gasteiger partial charge < -0.3 is 9.47 Å². The van der Waals surface area contributed by atoms with Gasteiger partial charge in [0, 0.05) is 20.6 Å². The van der Waals surface area contributed by atoms with Crippen molar-refractivity contribution in [1.82, 2.24) is 0 Å². The van der Waals surface area contributed by atoms with Crippen LogP contribution in [0.3, 0.4) is 0 Å². The second-order valence-electron chi connectivity index (χ2n) is 4.07. The van der Waals surface area contributed by atoms with E-state index in [1.165, 1.54) is 25.3 Å². The van der Waals surface area contributed by atoms with Crippen molar-refractivity contribution >= 4 is 5.78 Å². The Kier molecular flexibility index (Phi) is 3.36. The van der Waals surface area contributed by atoms with Gasteiger partial charge in [0.25, 0.3) is 0 Å². The highest BCUT2D eigenvalue weighted by Crippen LogP contribution is 2.37. The molecule has 0 aromatic heterocycles. The van der Waals surface area contributed by atoms with Crippen LogP contribution in [0.5, 0.6) is 0 Å². The maximum absolute atomic E-state index is 11.8. The Morgan fingerprint density at radius 3 is 2.69 bits per heavy atom. The van der Waals surface area contributed by atoms with Crippen LogP contribution in [0.15, 0.2) is 24.3 Å². The number of carbonyl (C=O) groups excluding carboxylic acids is 1. The van der Waals surface area contributed by atoms with Gasteiger partial charge in [-0.05, 0) is 23.5 Å². The number of ether oxygens (including phenoxy) is 2. The molecule has 0 spiro atoms. The van der Waals surface area contributed by atoms with Crippen LogP contribution in [0.4, 0.5) is 0 Å². The van der Waals surface area contributed by atoms with Crippen LogP contribution >= 0.6 is 0 Å². The number of rotatable bonds is 5. The first-order chi connectivity index (χ1) is 7.76. The minimum Gasteiger partial charge on any atom is -0.349 e. The molecular weight excluding hydrogens is 204 g/mol. The molecule has 1 unspecified atom stereocenters. The van der Waals surface area contributed by atoms with Crippen LogP contribution in [0, 0.1) is 0 Å². The number of benzene rings is 1. The lowest BCUT2D eigenvalue weighted by Crippen LogP contribution is -2.29. The van der Waals surface area contributed by atoms with Crippen LogP contribution in [0.2, 0.25) is 0 Å². The Hall–Kier alpha value is -1.19. The van der Waals surface area contributed by atoms with Crippen LogP contribution in [-0.4, -0.2) is 26.3 Å². The SMILES string of the molecule is COC(OC)C(=O)CC1Cc2ccccc21. The molecule has 0 radical (unpaired) electrons. The molecule has 0 aliphatic heterocycles. The standard InChI is InChI=1S/C13H16O3/c1-15-13(16-2)12(14)8-10-7-9-5-3-4-6-11(9)10/h3-6,10,13H,7-8H2,1-2H3. The summed E-state index contributed by atoms with van der Waals surface area (Å²) in [6.45, 7) is 0. The van der Waals surface area contributed by atoms with Gasteiger partial charge in [-0.1, -0.05) is 24.3 Å². The molecular formula is C13H16O3. The Balaban J connectivity index is 1.96. The minimum atomic E-state index is -0.715. The van der Waals surface area contributed by atoms with Crippen molar-refractivity contribution in [3.05, 3.63) is 35.4 Å². The van der Waals surface area contributed by atoms with E-state index in [1.807, 2.05) is 12.1 Å². The predicted octanol–water partition coefficient (Wildman–Crippen LogP) is 1.90. The summed E-state index contributed by atoms with van der Waals surface area (Å²) in [5.74, 6) is 0.362. The molecule has 0 heterocycles. The summed E-state index contributed by atoms with van der Waals surface area (Å²) < 4.78 is 9.89. The maximum atomic E-state index is 11.8. The van der Waals surface area contributed by atoms with Gasteiger partial charge in [-0.15, -0.1) is 0 Å². The number of methoxy groups -OCH3 is 2. The quantitative estimate of drug-likeness (QED) is 0.711. The maximum Gasteiger partial charge on any atom is 0.217 e. The summed E-state index contributed by atoms with van der Waals surface area (Å²) in [5, 5.41) is 0. The lowest BCUT2D eigenvalue weighted by molar-refractivity contribution is -0.157. The number of Topliss-reactive ketones (excluding diaryl/α,β-unsaturated/α-hetero) is 1. The zero-order chi connectivity index (χ0) is 11.5. The lowest BCUT2D eigenvalue weighted by atomic mass is 9.75. The molecule has 0 amide bonds. The summed E-state index contributed by atoms with van der Waals surface area (Å²) in [5.41, 5.74) is 2.65. The molecule has 0 saturated carbocycles. The predicted molar refractivity (Wildman–Crippen MR) is 60.3 cm³/mol. The number of carbonyl (C=O) groups is 1. The van der Waals surface area contributed by atoms with Crippen molar-refractivity contribution in [2.45, 2.75) is 25.0 Å². The van der Waals surface area contributed by atoms with Gasteiger partial charge in [0.05, 0.1) is 0 Å². The van der Waals surface area contributed by atoms with Gasteiger partial charge in [0.1, 0.15) is 0 Å². The molecule has 0 saturated heterocycles. The fourth-order valence-corrected chi connectivity index (χ4v) is 2.24. The van der Waals surface area contributed by atoms with Crippen molar-refractivity contribution in [2.24, 2.45) is 0 Å². The molecule has 1 aromatic rings. The largest absolute Gasteiger partial charge is 0.349 e. The molecule has 1 atom stereocenters. The van der Waals surface area contributed by atoms with E-state index in [-0.39, 0.29) is 5.78 Å². The molecule has 1 aliphatic carbocycles. The van der Waals surface area contributed by atoms with E-state index in [0.29, 0.717) is 12.3 Å². The Bertz CT molecular complexity index is 383. The molecule has 0 bridgehead atoms. The van der Waals surface area contributed by atoms with Crippen LogP contribution in [0.1, 0.15) is 23.5 Å². The third-order valence-corrected chi connectivity index (χ3v) is 3.10. The zero-order valence-electron chi connectivity index (χ0n) is 9.60. The van der Waals surface area contributed by atoms with E-state index in [9.17, 15) is 4.79 Å². The van der Waals surface area contributed by atoms with Gasteiger partial charge in [0.15, 0.2) is 5.78 Å². The molecule has 3 nitrogen and oxygen atoms in total. The highest BCUT2D eigenvalue weighted by molar-refractivity contribution is 5.83. The van der Waals surface area contributed by atoms with E-state index in [2.05, 4.69) is 12.1 Å². The molecule has 1 aliphatic rings. The molecule has 1 aromatic carbocycles. The summed E-state index contributed by atoms with van der Waals surface area (Å²) in [4.78, 5) is 11.8. The molecule has 2 rings (SSSR count). The summed E-state index contributed by atoms with van der Waals surface area (Å²) in [6.07, 6.45) is 0.776. The normalized spacial score (nSPS) is 18.1.